The van der Waals surface area contributed by atoms with E-state index in [2.05, 4.69) is 37.0 Å². The number of aromatic nitrogens is 4. The third kappa shape index (κ3) is 4.33. The standard InChI is InChI=1S/C16H24N6O/c1-12-7-18-14(8-17-12)9-21(3)15-5-4-6-22(10-15)11-16-19-13(2)23-20-16/h7-8,15H,4-6,9-11H2,1-3H3/t15-/m0/s1. The van der Waals surface area contributed by atoms with Crippen LogP contribution in [0.1, 0.15) is 35.9 Å². The molecule has 1 atom stereocenters. The molecule has 2 aromatic rings. The van der Waals surface area contributed by atoms with Gasteiger partial charge in [-0.2, -0.15) is 4.98 Å². The summed E-state index contributed by atoms with van der Waals surface area (Å²) in [6.07, 6.45) is 6.09. The average Bonchev–Trinajstić information content (AvgIpc) is 2.95. The number of hydrogen-bond donors (Lipinski definition) is 0. The van der Waals surface area contributed by atoms with Crippen LogP contribution in [0, 0.1) is 13.8 Å². The van der Waals surface area contributed by atoms with Gasteiger partial charge in [0.1, 0.15) is 0 Å². The summed E-state index contributed by atoms with van der Waals surface area (Å²) in [5, 5.41) is 4.00. The maximum Gasteiger partial charge on any atom is 0.223 e. The third-order valence-electron chi connectivity index (χ3n) is 4.28. The summed E-state index contributed by atoms with van der Waals surface area (Å²) in [5.41, 5.74) is 1.97. The van der Waals surface area contributed by atoms with Crippen LogP contribution in [0.15, 0.2) is 16.9 Å². The lowest BCUT2D eigenvalue weighted by molar-refractivity contribution is 0.104. The summed E-state index contributed by atoms with van der Waals surface area (Å²) >= 11 is 0. The van der Waals surface area contributed by atoms with Crippen LogP contribution in [-0.2, 0) is 13.1 Å². The summed E-state index contributed by atoms with van der Waals surface area (Å²) < 4.78 is 5.06. The summed E-state index contributed by atoms with van der Waals surface area (Å²) in [5.74, 6) is 1.40. The van der Waals surface area contributed by atoms with Crippen molar-refractivity contribution in [3.05, 3.63) is 35.5 Å². The van der Waals surface area contributed by atoms with Crippen LogP contribution in [0.3, 0.4) is 0 Å². The molecule has 0 unspecified atom stereocenters. The largest absolute Gasteiger partial charge is 0.340 e. The number of piperidine rings is 1. The second kappa shape index (κ2) is 7.14. The Morgan fingerprint density at radius 1 is 1.30 bits per heavy atom. The second-order valence-electron chi connectivity index (χ2n) is 6.33. The van der Waals surface area contributed by atoms with Gasteiger partial charge in [0.15, 0.2) is 5.82 Å². The van der Waals surface area contributed by atoms with Crippen LogP contribution in [0.25, 0.3) is 0 Å². The van der Waals surface area contributed by atoms with E-state index in [0.29, 0.717) is 11.9 Å². The number of likely N-dealkylation sites (tertiary alicyclic amines) is 1. The van der Waals surface area contributed by atoms with E-state index in [4.69, 9.17) is 4.52 Å². The highest BCUT2D eigenvalue weighted by Gasteiger charge is 2.24. The van der Waals surface area contributed by atoms with Gasteiger partial charge >= 0.3 is 0 Å². The van der Waals surface area contributed by atoms with E-state index >= 15 is 0 Å². The van der Waals surface area contributed by atoms with Crippen LogP contribution in [0.2, 0.25) is 0 Å². The van der Waals surface area contributed by atoms with Gasteiger partial charge in [-0.05, 0) is 33.4 Å². The summed E-state index contributed by atoms with van der Waals surface area (Å²) in [7, 11) is 2.16. The van der Waals surface area contributed by atoms with E-state index in [1.807, 2.05) is 26.2 Å². The van der Waals surface area contributed by atoms with Crippen molar-refractivity contribution < 1.29 is 4.52 Å². The first-order valence-electron chi connectivity index (χ1n) is 8.09. The van der Waals surface area contributed by atoms with Gasteiger partial charge in [-0.15, -0.1) is 0 Å². The molecule has 3 rings (SSSR count). The van der Waals surface area contributed by atoms with Crippen molar-refractivity contribution in [3.63, 3.8) is 0 Å². The van der Waals surface area contributed by atoms with Crippen molar-refractivity contribution in [2.45, 2.75) is 45.8 Å². The molecular formula is C16H24N6O. The zero-order chi connectivity index (χ0) is 16.2. The van der Waals surface area contributed by atoms with Crippen LogP contribution < -0.4 is 0 Å². The zero-order valence-electron chi connectivity index (χ0n) is 14.1. The molecule has 7 nitrogen and oxygen atoms in total. The quantitative estimate of drug-likeness (QED) is 0.829. The van der Waals surface area contributed by atoms with Crippen LogP contribution in [0.4, 0.5) is 0 Å². The normalized spacial score (nSPS) is 19.4. The second-order valence-corrected chi connectivity index (χ2v) is 6.33. The molecule has 0 bridgehead atoms. The predicted molar refractivity (Wildman–Crippen MR) is 85.6 cm³/mol. The zero-order valence-corrected chi connectivity index (χ0v) is 14.1. The first-order chi connectivity index (χ1) is 11.1. The molecule has 0 aromatic carbocycles. The number of nitrogens with zero attached hydrogens (tertiary/aromatic N) is 6. The van der Waals surface area contributed by atoms with Gasteiger partial charge in [0.25, 0.3) is 0 Å². The number of aryl methyl sites for hydroxylation is 2. The first kappa shape index (κ1) is 16.0. The van der Waals surface area contributed by atoms with Crippen LogP contribution in [0.5, 0.6) is 0 Å². The van der Waals surface area contributed by atoms with E-state index in [9.17, 15) is 0 Å². The Morgan fingerprint density at radius 3 is 2.87 bits per heavy atom. The van der Waals surface area contributed by atoms with Crippen LogP contribution >= 0.6 is 0 Å². The molecule has 1 aliphatic heterocycles. The monoisotopic (exact) mass is 316 g/mol. The summed E-state index contributed by atoms with van der Waals surface area (Å²) in [6, 6.07) is 0.514. The molecule has 7 heteroatoms. The number of hydrogen-bond acceptors (Lipinski definition) is 7. The fourth-order valence-corrected chi connectivity index (χ4v) is 3.03. The first-order valence-corrected chi connectivity index (χ1v) is 8.09. The Bertz CT molecular complexity index is 626. The maximum atomic E-state index is 5.06. The van der Waals surface area contributed by atoms with Gasteiger partial charge in [0.2, 0.25) is 5.89 Å². The molecule has 1 aliphatic rings. The van der Waals surface area contributed by atoms with Crippen molar-refractivity contribution in [2.24, 2.45) is 0 Å². The highest BCUT2D eigenvalue weighted by atomic mass is 16.5. The SMILES string of the molecule is Cc1cnc(CN(C)[C@H]2CCCN(Cc3noc(C)n3)C2)cn1. The smallest absolute Gasteiger partial charge is 0.223 e. The van der Waals surface area contributed by atoms with Crippen molar-refractivity contribution in [1.82, 2.24) is 29.9 Å². The molecule has 1 fully saturated rings. The molecule has 1 saturated heterocycles. The molecule has 124 valence electrons. The summed E-state index contributed by atoms with van der Waals surface area (Å²) in [6.45, 7) is 7.47. The molecule has 0 amide bonds. The third-order valence-corrected chi connectivity index (χ3v) is 4.28. The van der Waals surface area contributed by atoms with E-state index < -0.39 is 0 Å². The minimum absolute atomic E-state index is 0.514. The van der Waals surface area contributed by atoms with Gasteiger partial charge < -0.3 is 4.52 Å². The Hall–Kier alpha value is -1.86. The highest BCUT2D eigenvalue weighted by Crippen LogP contribution is 2.17. The fraction of sp³-hybridized carbons (Fsp3) is 0.625. The van der Waals surface area contributed by atoms with Crippen LogP contribution in [-0.4, -0.2) is 56.1 Å². The highest BCUT2D eigenvalue weighted by molar-refractivity contribution is 5.01. The van der Waals surface area contributed by atoms with E-state index in [0.717, 1.165) is 43.4 Å². The van der Waals surface area contributed by atoms with Crippen molar-refractivity contribution in [3.8, 4) is 0 Å². The number of rotatable bonds is 5. The topological polar surface area (TPSA) is 71.2 Å². The van der Waals surface area contributed by atoms with Gasteiger partial charge in [-0.3, -0.25) is 19.8 Å². The Morgan fingerprint density at radius 2 is 2.17 bits per heavy atom. The molecule has 0 aliphatic carbocycles. The van der Waals surface area contributed by atoms with Crippen molar-refractivity contribution >= 4 is 0 Å². The lowest BCUT2D eigenvalue weighted by Gasteiger charge is -2.37. The summed E-state index contributed by atoms with van der Waals surface area (Å²) in [4.78, 5) is 17.8. The minimum Gasteiger partial charge on any atom is -0.340 e. The number of likely N-dealkylation sites (N-methyl/N-ethyl adjacent to an activating group) is 1. The fourth-order valence-electron chi connectivity index (χ4n) is 3.03. The van der Waals surface area contributed by atoms with E-state index in [1.165, 1.54) is 12.8 Å². The Balaban J connectivity index is 1.55. The molecule has 2 aromatic heterocycles. The molecule has 0 radical (unpaired) electrons. The molecule has 3 heterocycles. The average molecular weight is 316 g/mol. The van der Waals surface area contributed by atoms with Gasteiger partial charge in [-0.25, -0.2) is 0 Å². The molecule has 0 saturated carbocycles. The lowest BCUT2D eigenvalue weighted by Crippen LogP contribution is -2.46. The van der Waals surface area contributed by atoms with Gasteiger partial charge in [0.05, 0.1) is 17.9 Å². The van der Waals surface area contributed by atoms with E-state index in [-0.39, 0.29) is 0 Å². The molecule has 23 heavy (non-hydrogen) atoms. The molecule has 0 N–H and O–H groups in total. The van der Waals surface area contributed by atoms with E-state index in [1.54, 1.807) is 0 Å². The lowest BCUT2D eigenvalue weighted by atomic mass is 10.0. The van der Waals surface area contributed by atoms with Gasteiger partial charge in [-0.1, -0.05) is 5.16 Å². The Labute approximate surface area is 136 Å². The molecular weight excluding hydrogens is 292 g/mol. The maximum absolute atomic E-state index is 5.06. The molecule has 0 spiro atoms. The Kier molecular flexibility index (Phi) is 4.97. The van der Waals surface area contributed by atoms with Gasteiger partial charge in [0, 0.05) is 38.4 Å². The van der Waals surface area contributed by atoms with Crippen molar-refractivity contribution in [1.29, 1.82) is 0 Å². The predicted octanol–water partition coefficient (Wildman–Crippen LogP) is 1.57. The minimum atomic E-state index is 0.514. The van der Waals surface area contributed by atoms with Crippen molar-refractivity contribution in [2.75, 3.05) is 20.1 Å².